The lowest BCUT2D eigenvalue weighted by Crippen LogP contribution is -2.37. The lowest BCUT2D eigenvalue weighted by atomic mass is 9.64. The average molecular weight is 348 g/mol. The molecule has 4 heteroatoms. The van der Waals surface area contributed by atoms with Gasteiger partial charge in [-0.2, -0.15) is 0 Å². The summed E-state index contributed by atoms with van der Waals surface area (Å²) in [6.45, 7) is 16.4. The number of aliphatic hydroxyl groups is 1. The molecule has 0 spiro atoms. The molecule has 0 aliphatic heterocycles. The van der Waals surface area contributed by atoms with Crippen LogP contribution >= 0.6 is 0 Å². The van der Waals surface area contributed by atoms with Crippen LogP contribution in [0.3, 0.4) is 0 Å². The van der Waals surface area contributed by atoms with Crippen molar-refractivity contribution in [2.24, 2.45) is 34.5 Å². The number of Topliss-reactive ketones (excluding diaryl/α,β-unsaturated/α-hetero) is 1. The Morgan fingerprint density at radius 2 is 1.68 bits per heavy atom. The smallest absolute Gasteiger partial charge is 0.306 e. The van der Waals surface area contributed by atoms with Gasteiger partial charge < -0.3 is 9.84 Å². The number of carbonyl (C=O) groups excluding carboxylic acids is 2. The molecule has 4 nitrogen and oxygen atoms in total. The number of fused-ring (bicyclic) bond motifs is 5. The van der Waals surface area contributed by atoms with Crippen LogP contribution in [0.4, 0.5) is 0 Å². The fourth-order valence-electron chi connectivity index (χ4n) is 6.41. The van der Waals surface area contributed by atoms with Crippen molar-refractivity contribution in [3.05, 3.63) is 11.1 Å². The van der Waals surface area contributed by atoms with Gasteiger partial charge in [0.25, 0.3) is 0 Å². The highest BCUT2D eigenvalue weighted by Gasteiger charge is 2.74. The second-order valence-electron chi connectivity index (χ2n) is 9.84. The summed E-state index contributed by atoms with van der Waals surface area (Å²) in [7, 11) is 0. The SMILES string of the molecule is CC1=C(C)[C@]2(C)[C@H]3[C@H](CC(=O)OC(C)(C)C)[C@H](O)C(=O)[C@H]3[C@]1(C)[C@H]2C. The maximum atomic E-state index is 13.0. The van der Waals surface area contributed by atoms with Crippen molar-refractivity contribution in [3.63, 3.8) is 0 Å². The van der Waals surface area contributed by atoms with Crippen LogP contribution in [0.2, 0.25) is 0 Å². The highest BCUT2D eigenvalue weighted by Crippen LogP contribution is 2.76. The molecule has 0 aromatic carbocycles. The third-order valence-corrected chi connectivity index (χ3v) is 7.96. The van der Waals surface area contributed by atoms with E-state index in [1.54, 1.807) is 0 Å². The van der Waals surface area contributed by atoms with Crippen LogP contribution < -0.4 is 0 Å². The molecule has 0 saturated heterocycles. The van der Waals surface area contributed by atoms with Gasteiger partial charge in [0.15, 0.2) is 5.78 Å². The maximum absolute atomic E-state index is 13.0. The Bertz CT molecular complexity index is 670. The molecular formula is C21H32O4. The molecule has 0 amide bonds. The van der Waals surface area contributed by atoms with Gasteiger partial charge in [-0.3, -0.25) is 9.59 Å². The fraction of sp³-hybridized carbons (Fsp3) is 0.810. The molecule has 3 rings (SSSR count). The summed E-state index contributed by atoms with van der Waals surface area (Å²) >= 11 is 0. The zero-order chi connectivity index (χ0) is 19.1. The van der Waals surface area contributed by atoms with E-state index >= 15 is 0 Å². The van der Waals surface area contributed by atoms with E-state index in [2.05, 4.69) is 34.6 Å². The van der Waals surface area contributed by atoms with E-state index in [-0.39, 0.29) is 46.8 Å². The second kappa shape index (κ2) is 5.18. The zero-order valence-corrected chi connectivity index (χ0v) is 16.8. The molecule has 0 aromatic heterocycles. The molecule has 2 fully saturated rings. The highest BCUT2D eigenvalue weighted by atomic mass is 16.6. The van der Waals surface area contributed by atoms with Crippen LogP contribution in [0.15, 0.2) is 11.1 Å². The van der Waals surface area contributed by atoms with Crippen molar-refractivity contribution < 1.29 is 19.4 Å². The van der Waals surface area contributed by atoms with Gasteiger partial charge >= 0.3 is 5.97 Å². The number of ether oxygens (including phenoxy) is 1. The number of hydrogen-bond acceptors (Lipinski definition) is 4. The van der Waals surface area contributed by atoms with E-state index in [4.69, 9.17) is 4.74 Å². The number of ketones is 1. The van der Waals surface area contributed by atoms with Crippen molar-refractivity contribution in [2.45, 2.75) is 73.5 Å². The third-order valence-electron chi connectivity index (χ3n) is 7.96. The number of rotatable bonds is 2. The van der Waals surface area contributed by atoms with Gasteiger partial charge in [0, 0.05) is 17.3 Å². The molecule has 0 heterocycles. The standard InChI is InChI=1S/C21H32O4/c1-10-11(2)21(8)12(3)20(10,7)15-13(17(23)18(24)16(15)21)9-14(22)25-19(4,5)6/h12-13,15-17,23H,9H2,1-8H3/t12-,13-,15-,16-,17-,20-,21-/m0/s1. The summed E-state index contributed by atoms with van der Waals surface area (Å²) in [6.07, 6.45) is -0.955. The predicted molar refractivity (Wildman–Crippen MR) is 95.7 cm³/mol. The van der Waals surface area contributed by atoms with Gasteiger partial charge in [0.2, 0.25) is 0 Å². The van der Waals surface area contributed by atoms with Crippen LogP contribution in [-0.4, -0.2) is 28.6 Å². The first-order valence-corrected chi connectivity index (χ1v) is 9.40. The van der Waals surface area contributed by atoms with E-state index in [1.165, 1.54) is 11.1 Å². The summed E-state index contributed by atoms with van der Waals surface area (Å²) in [5.41, 5.74) is 1.70. The van der Waals surface area contributed by atoms with Gasteiger partial charge in [0.1, 0.15) is 11.7 Å². The average Bonchev–Trinajstić information content (AvgIpc) is 2.88. The molecule has 25 heavy (non-hydrogen) atoms. The van der Waals surface area contributed by atoms with Crippen LogP contribution in [0.5, 0.6) is 0 Å². The predicted octanol–water partition coefficient (Wildman–Crippen LogP) is 3.52. The molecule has 3 aliphatic carbocycles. The zero-order valence-electron chi connectivity index (χ0n) is 16.8. The minimum Gasteiger partial charge on any atom is -0.460 e. The molecule has 140 valence electrons. The summed E-state index contributed by atoms with van der Waals surface area (Å²) in [4.78, 5) is 25.4. The van der Waals surface area contributed by atoms with Crippen molar-refractivity contribution >= 4 is 11.8 Å². The third kappa shape index (κ3) is 2.16. The topological polar surface area (TPSA) is 63.6 Å². The monoisotopic (exact) mass is 348 g/mol. The van der Waals surface area contributed by atoms with Gasteiger partial charge in [-0.05, 0) is 51.9 Å². The van der Waals surface area contributed by atoms with Crippen LogP contribution in [-0.2, 0) is 14.3 Å². The van der Waals surface area contributed by atoms with Crippen molar-refractivity contribution in [1.82, 2.24) is 0 Å². The number of allylic oxidation sites excluding steroid dienone is 2. The van der Waals surface area contributed by atoms with E-state index in [0.29, 0.717) is 5.92 Å². The quantitative estimate of drug-likeness (QED) is 0.612. The van der Waals surface area contributed by atoms with Gasteiger partial charge in [-0.1, -0.05) is 31.9 Å². The molecule has 2 bridgehead atoms. The van der Waals surface area contributed by atoms with Crippen LogP contribution in [0.25, 0.3) is 0 Å². The van der Waals surface area contributed by atoms with Gasteiger partial charge in [0.05, 0.1) is 6.42 Å². The number of esters is 1. The number of hydrogen-bond donors (Lipinski definition) is 1. The normalized spacial score (nSPS) is 46.0. The summed E-state index contributed by atoms with van der Waals surface area (Å²) in [5.74, 6) is -0.627. The van der Waals surface area contributed by atoms with Crippen molar-refractivity contribution in [2.75, 3.05) is 0 Å². The van der Waals surface area contributed by atoms with Gasteiger partial charge in [-0.15, -0.1) is 0 Å². The Morgan fingerprint density at radius 3 is 2.20 bits per heavy atom. The van der Waals surface area contributed by atoms with E-state index < -0.39 is 11.7 Å². The largest absolute Gasteiger partial charge is 0.460 e. The molecular weight excluding hydrogens is 316 g/mol. The molecule has 3 aliphatic rings. The number of carbonyl (C=O) groups is 2. The maximum Gasteiger partial charge on any atom is 0.306 e. The molecule has 7 atom stereocenters. The first-order valence-electron chi connectivity index (χ1n) is 9.40. The Labute approximate surface area is 151 Å². The highest BCUT2D eigenvalue weighted by molar-refractivity contribution is 5.92. The summed E-state index contributed by atoms with van der Waals surface area (Å²) < 4.78 is 5.47. The van der Waals surface area contributed by atoms with Crippen LogP contribution in [0, 0.1) is 34.5 Å². The first kappa shape index (κ1) is 18.6. The van der Waals surface area contributed by atoms with Crippen LogP contribution in [0.1, 0.15) is 61.8 Å². The second-order valence-corrected chi connectivity index (χ2v) is 9.84. The minimum absolute atomic E-state index is 0.00576. The van der Waals surface area contributed by atoms with Crippen molar-refractivity contribution in [3.8, 4) is 0 Å². The van der Waals surface area contributed by atoms with E-state index in [9.17, 15) is 14.7 Å². The Kier molecular flexibility index (Phi) is 3.86. The van der Waals surface area contributed by atoms with Gasteiger partial charge in [-0.25, -0.2) is 0 Å². The first-order chi connectivity index (χ1) is 11.3. The fourth-order valence-corrected chi connectivity index (χ4v) is 6.41. The van der Waals surface area contributed by atoms with E-state index in [0.717, 1.165) is 0 Å². The minimum atomic E-state index is -1.06. The lowest BCUT2D eigenvalue weighted by Gasteiger charge is -2.39. The molecule has 0 radical (unpaired) electrons. The Hall–Kier alpha value is -1.16. The molecule has 0 unspecified atom stereocenters. The summed E-state index contributed by atoms with van der Waals surface area (Å²) in [5, 5.41) is 10.7. The lowest BCUT2D eigenvalue weighted by molar-refractivity contribution is -0.157. The summed E-state index contributed by atoms with van der Waals surface area (Å²) in [6, 6.07) is 0. The molecule has 1 N–H and O–H groups in total. The molecule has 2 saturated carbocycles. The number of aliphatic hydroxyl groups excluding tert-OH is 1. The molecule has 0 aromatic rings. The van der Waals surface area contributed by atoms with Crippen molar-refractivity contribution in [1.29, 1.82) is 0 Å². The Balaban J connectivity index is 1.99. The Morgan fingerprint density at radius 1 is 1.16 bits per heavy atom. The van der Waals surface area contributed by atoms with E-state index in [1.807, 2.05) is 20.8 Å².